The molecule has 0 spiro atoms. The molecule has 0 amide bonds. The van der Waals surface area contributed by atoms with E-state index in [1.54, 1.807) is 23.1 Å². The number of rotatable bonds is 4. The summed E-state index contributed by atoms with van der Waals surface area (Å²) in [6, 6.07) is 13.9. The molecule has 1 aliphatic rings. The van der Waals surface area contributed by atoms with Crippen molar-refractivity contribution in [2.45, 2.75) is 18.2 Å². The van der Waals surface area contributed by atoms with Gasteiger partial charge in [0.15, 0.2) is 0 Å². The molecule has 0 aliphatic carbocycles. The Labute approximate surface area is 137 Å². The van der Waals surface area contributed by atoms with Gasteiger partial charge in [-0.25, -0.2) is 14.1 Å². The molecule has 1 fully saturated rings. The number of aromatic nitrogens is 3. The topological polar surface area (TPSA) is 43.2 Å². The Morgan fingerprint density at radius 3 is 2.65 bits per heavy atom. The number of ether oxygens (including phenoxy) is 1. The van der Waals surface area contributed by atoms with E-state index in [0.717, 1.165) is 11.1 Å². The molecule has 3 aromatic rings. The minimum absolute atomic E-state index is 0.203. The monoisotopic (exact) mass is 329 g/mol. The molecular formula is C17H13ClFN3O. The van der Waals surface area contributed by atoms with Gasteiger partial charge in [-0.1, -0.05) is 41.9 Å². The Bertz CT molecular complexity index is 822. The van der Waals surface area contributed by atoms with E-state index < -0.39 is 5.60 Å². The first-order valence-corrected chi connectivity index (χ1v) is 7.57. The van der Waals surface area contributed by atoms with E-state index in [4.69, 9.17) is 16.3 Å². The summed E-state index contributed by atoms with van der Waals surface area (Å²) in [6.07, 6.45) is 2.91. The summed E-state index contributed by atoms with van der Waals surface area (Å²) in [6.45, 7) is 0.481. The zero-order chi connectivity index (χ0) is 15.9. The number of hydrogen-bond donors (Lipinski definition) is 0. The summed E-state index contributed by atoms with van der Waals surface area (Å²) in [7, 11) is 0. The Balaban J connectivity index is 1.74. The fourth-order valence-corrected chi connectivity index (χ4v) is 3.13. The van der Waals surface area contributed by atoms with E-state index >= 15 is 0 Å². The van der Waals surface area contributed by atoms with Gasteiger partial charge >= 0.3 is 0 Å². The Hall–Kier alpha value is -2.24. The maximum absolute atomic E-state index is 13.3. The number of nitrogens with zero attached hydrogens (tertiary/aromatic N) is 3. The molecule has 1 aromatic heterocycles. The van der Waals surface area contributed by atoms with Gasteiger partial charge < -0.3 is 4.74 Å². The molecule has 0 radical (unpaired) electrons. The third kappa shape index (κ3) is 2.52. The van der Waals surface area contributed by atoms with E-state index in [9.17, 15) is 4.39 Å². The SMILES string of the molecule is Fc1ccc([C@]2(Cn3cncn3)O[C@@H]2c2ccccc2Cl)cc1. The van der Waals surface area contributed by atoms with Gasteiger partial charge in [0.05, 0.1) is 6.54 Å². The third-order valence-electron chi connectivity index (χ3n) is 4.08. The normalized spacial score (nSPS) is 23.0. The average molecular weight is 330 g/mol. The summed E-state index contributed by atoms with van der Waals surface area (Å²) in [5.74, 6) is -0.278. The van der Waals surface area contributed by atoms with Gasteiger partial charge in [-0.05, 0) is 23.8 Å². The van der Waals surface area contributed by atoms with Crippen LogP contribution in [-0.4, -0.2) is 14.8 Å². The highest BCUT2D eigenvalue weighted by atomic mass is 35.5. The molecule has 4 nitrogen and oxygen atoms in total. The van der Waals surface area contributed by atoms with Crippen LogP contribution in [0.4, 0.5) is 4.39 Å². The van der Waals surface area contributed by atoms with Crippen molar-refractivity contribution in [1.29, 1.82) is 0 Å². The first-order valence-electron chi connectivity index (χ1n) is 7.20. The van der Waals surface area contributed by atoms with E-state index in [-0.39, 0.29) is 11.9 Å². The molecule has 2 heterocycles. The molecule has 116 valence electrons. The van der Waals surface area contributed by atoms with Gasteiger partial charge in [0.1, 0.15) is 30.2 Å². The van der Waals surface area contributed by atoms with Gasteiger partial charge in [-0.3, -0.25) is 0 Å². The summed E-state index contributed by atoms with van der Waals surface area (Å²) in [5, 5.41) is 4.81. The summed E-state index contributed by atoms with van der Waals surface area (Å²) in [4.78, 5) is 3.97. The number of benzene rings is 2. The van der Waals surface area contributed by atoms with Crippen LogP contribution >= 0.6 is 11.6 Å². The molecule has 1 aliphatic heterocycles. The second-order valence-electron chi connectivity index (χ2n) is 5.51. The van der Waals surface area contributed by atoms with Gasteiger partial charge in [-0.15, -0.1) is 0 Å². The standard InChI is InChI=1S/C17H13ClFN3O/c18-15-4-2-1-3-14(15)16-17(23-16,9-22-11-20-10-21-22)12-5-7-13(19)8-6-12/h1-8,10-11,16H,9H2/t16-,17+/m1/s1. The molecule has 0 bridgehead atoms. The van der Waals surface area contributed by atoms with Crippen molar-refractivity contribution < 1.29 is 9.13 Å². The lowest BCUT2D eigenvalue weighted by Gasteiger charge is -2.14. The van der Waals surface area contributed by atoms with E-state index in [1.807, 2.05) is 24.3 Å². The lowest BCUT2D eigenvalue weighted by Crippen LogP contribution is -2.19. The highest BCUT2D eigenvalue weighted by Crippen LogP contribution is 2.59. The van der Waals surface area contributed by atoms with Crippen LogP contribution in [0.25, 0.3) is 0 Å². The quantitative estimate of drug-likeness (QED) is 0.685. The van der Waals surface area contributed by atoms with Crippen LogP contribution < -0.4 is 0 Å². The van der Waals surface area contributed by atoms with Gasteiger partial charge in [-0.2, -0.15) is 5.10 Å². The number of hydrogen-bond acceptors (Lipinski definition) is 3. The molecule has 23 heavy (non-hydrogen) atoms. The Morgan fingerprint density at radius 1 is 1.17 bits per heavy atom. The molecular weight excluding hydrogens is 317 g/mol. The molecule has 2 atom stereocenters. The van der Waals surface area contributed by atoms with Crippen molar-refractivity contribution in [2.24, 2.45) is 0 Å². The van der Waals surface area contributed by atoms with E-state index in [1.165, 1.54) is 18.5 Å². The minimum atomic E-state index is -0.619. The second-order valence-corrected chi connectivity index (χ2v) is 5.92. The maximum atomic E-state index is 13.3. The van der Waals surface area contributed by atoms with Crippen LogP contribution in [0.5, 0.6) is 0 Å². The largest absolute Gasteiger partial charge is 0.354 e. The van der Waals surface area contributed by atoms with Gasteiger partial charge in [0, 0.05) is 10.6 Å². The Kier molecular flexibility index (Phi) is 3.39. The van der Waals surface area contributed by atoms with Crippen LogP contribution in [-0.2, 0) is 16.9 Å². The highest BCUT2D eigenvalue weighted by molar-refractivity contribution is 6.31. The lowest BCUT2D eigenvalue weighted by atomic mass is 9.91. The molecule has 1 saturated heterocycles. The molecule has 4 rings (SSSR count). The van der Waals surface area contributed by atoms with Crippen molar-refractivity contribution in [3.8, 4) is 0 Å². The summed E-state index contributed by atoms with van der Waals surface area (Å²) in [5.41, 5.74) is 1.18. The highest BCUT2D eigenvalue weighted by Gasteiger charge is 2.59. The van der Waals surface area contributed by atoms with Crippen LogP contribution in [0.15, 0.2) is 61.2 Å². The van der Waals surface area contributed by atoms with E-state index in [0.29, 0.717) is 11.6 Å². The van der Waals surface area contributed by atoms with E-state index in [2.05, 4.69) is 10.1 Å². The number of epoxide rings is 1. The zero-order valence-corrected chi connectivity index (χ0v) is 12.8. The van der Waals surface area contributed by atoms with Crippen LogP contribution in [0.3, 0.4) is 0 Å². The number of halogens is 2. The van der Waals surface area contributed by atoms with Crippen molar-refractivity contribution in [3.05, 3.63) is 83.2 Å². The second kappa shape index (κ2) is 5.44. The smallest absolute Gasteiger partial charge is 0.144 e. The zero-order valence-electron chi connectivity index (χ0n) is 12.1. The maximum Gasteiger partial charge on any atom is 0.144 e. The van der Waals surface area contributed by atoms with Gasteiger partial charge in [0.2, 0.25) is 0 Å². The van der Waals surface area contributed by atoms with Crippen molar-refractivity contribution in [1.82, 2.24) is 14.8 Å². The van der Waals surface area contributed by atoms with Gasteiger partial charge in [0.25, 0.3) is 0 Å². The first kappa shape index (κ1) is 14.4. The van der Waals surface area contributed by atoms with Crippen LogP contribution in [0.1, 0.15) is 17.2 Å². The predicted molar refractivity (Wildman–Crippen MR) is 83.4 cm³/mol. The average Bonchev–Trinajstić information content (AvgIpc) is 3.02. The van der Waals surface area contributed by atoms with Crippen molar-refractivity contribution >= 4 is 11.6 Å². The van der Waals surface area contributed by atoms with Crippen molar-refractivity contribution in [3.63, 3.8) is 0 Å². The minimum Gasteiger partial charge on any atom is -0.354 e. The summed E-state index contributed by atoms with van der Waals surface area (Å²) < 4.78 is 21.1. The molecule has 0 saturated carbocycles. The fourth-order valence-electron chi connectivity index (χ4n) is 2.90. The molecule has 6 heteroatoms. The Morgan fingerprint density at radius 2 is 1.96 bits per heavy atom. The van der Waals surface area contributed by atoms with Crippen molar-refractivity contribution in [2.75, 3.05) is 0 Å². The summed E-state index contributed by atoms with van der Waals surface area (Å²) >= 11 is 6.31. The van der Waals surface area contributed by atoms with Crippen LogP contribution in [0.2, 0.25) is 5.02 Å². The molecule has 0 N–H and O–H groups in total. The predicted octanol–water partition coefficient (Wildman–Crippen LogP) is 3.74. The lowest BCUT2D eigenvalue weighted by molar-refractivity contribution is 0.262. The third-order valence-corrected chi connectivity index (χ3v) is 4.42. The fraction of sp³-hybridized carbons (Fsp3) is 0.176. The van der Waals surface area contributed by atoms with Crippen LogP contribution in [0, 0.1) is 5.82 Å². The molecule has 0 unspecified atom stereocenters. The first-order chi connectivity index (χ1) is 11.2. The molecule has 2 aromatic carbocycles.